The molecule has 0 unspecified atom stereocenters. The van der Waals surface area contributed by atoms with Crippen molar-refractivity contribution in [3.8, 4) is 0 Å². The van der Waals surface area contributed by atoms with E-state index in [1.54, 1.807) is 11.8 Å². The zero-order valence-electron chi connectivity index (χ0n) is 10.9. The average Bonchev–Trinajstić information content (AvgIpc) is 2.77. The van der Waals surface area contributed by atoms with Gasteiger partial charge >= 0.3 is 0 Å². The molecule has 3 N–H and O–H groups in total. The molecule has 102 valence electrons. The zero-order valence-corrected chi connectivity index (χ0v) is 10.9. The molecule has 18 heavy (non-hydrogen) atoms. The minimum atomic E-state index is 0.235. The van der Waals surface area contributed by atoms with Gasteiger partial charge in [0.1, 0.15) is 5.84 Å². The maximum atomic E-state index is 8.52. The minimum Gasteiger partial charge on any atom is -0.409 e. The largest absolute Gasteiger partial charge is 0.409 e. The Morgan fingerprint density at radius 2 is 2.39 bits per heavy atom. The first kappa shape index (κ1) is 14.5. The summed E-state index contributed by atoms with van der Waals surface area (Å²) in [7, 11) is 3.56. The summed E-state index contributed by atoms with van der Waals surface area (Å²) in [6, 6.07) is 1.98. The SMILES string of the molecule is COCCN(CC/C(N)=N/O)Cc1ccn(C)n1. The van der Waals surface area contributed by atoms with Gasteiger partial charge in [0.05, 0.1) is 12.3 Å². The van der Waals surface area contributed by atoms with E-state index in [1.807, 2.05) is 19.3 Å². The monoisotopic (exact) mass is 255 g/mol. The molecule has 0 amide bonds. The lowest BCUT2D eigenvalue weighted by molar-refractivity contribution is 0.144. The van der Waals surface area contributed by atoms with Crippen molar-refractivity contribution < 1.29 is 9.94 Å². The van der Waals surface area contributed by atoms with E-state index in [-0.39, 0.29) is 5.84 Å². The summed E-state index contributed by atoms with van der Waals surface area (Å²) >= 11 is 0. The highest BCUT2D eigenvalue weighted by atomic mass is 16.5. The van der Waals surface area contributed by atoms with Crippen LogP contribution in [0.25, 0.3) is 0 Å². The van der Waals surface area contributed by atoms with Crippen molar-refractivity contribution in [3.05, 3.63) is 18.0 Å². The van der Waals surface area contributed by atoms with Crippen LogP contribution in [-0.2, 0) is 18.3 Å². The van der Waals surface area contributed by atoms with Crippen molar-refractivity contribution in [2.24, 2.45) is 17.9 Å². The second kappa shape index (κ2) is 7.67. The summed E-state index contributed by atoms with van der Waals surface area (Å²) in [5.41, 5.74) is 6.46. The summed E-state index contributed by atoms with van der Waals surface area (Å²) < 4.78 is 6.84. The number of nitrogens with two attached hydrogens (primary N) is 1. The van der Waals surface area contributed by atoms with Crippen LogP contribution < -0.4 is 5.73 Å². The third-order valence-electron chi connectivity index (χ3n) is 2.58. The predicted octanol–water partition coefficient (Wildman–Crippen LogP) is 0.00500. The van der Waals surface area contributed by atoms with Gasteiger partial charge in [-0.05, 0) is 6.07 Å². The van der Waals surface area contributed by atoms with Gasteiger partial charge in [0.15, 0.2) is 0 Å². The minimum absolute atomic E-state index is 0.235. The summed E-state index contributed by atoms with van der Waals surface area (Å²) in [5, 5.41) is 15.8. The van der Waals surface area contributed by atoms with Crippen molar-refractivity contribution in [1.82, 2.24) is 14.7 Å². The third kappa shape index (κ3) is 5.15. The molecule has 7 nitrogen and oxygen atoms in total. The van der Waals surface area contributed by atoms with Gasteiger partial charge in [0, 0.05) is 46.4 Å². The fraction of sp³-hybridized carbons (Fsp3) is 0.636. The van der Waals surface area contributed by atoms with Crippen LogP contribution in [0, 0.1) is 0 Å². The van der Waals surface area contributed by atoms with E-state index in [2.05, 4.69) is 15.2 Å². The van der Waals surface area contributed by atoms with Crippen molar-refractivity contribution in [1.29, 1.82) is 0 Å². The van der Waals surface area contributed by atoms with Gasteiger partial charge in [0.25, 0.3) is 0 Å². The molecule has 0 saturated heterocycles. The Kier molecular flexibility index (Phi) is 6.16. The number of nitrogens with zero attached hydrogens (tertiary/aromatic N) is 4. The first-order chi connectivity index (χ1) is 8.65. The molecular formula is C11H21N5O2. The van der Waals surface area contributed by atoms with E-state index < -0.39 is 0 Å². The van der Waals surface area contributed by atoms with Crippen LogP contribution in [-0.4, -0.2) is 52.5 Å². The number of hydrogen-bond donors (Lipinski definition) is 2. The average molecular weight is 255 g/mol. The van der Waals surface area contributed by atoms with Crippen molar-refractivity contribution in [3.63, 3.8) is 0 Å². The van der Waals surface area contributed by atoms with Crippen molar-refractivity contribution >= 4 is 5.84 Å². The second-order valence-electron chi connectivity index (χ2n) is 4.09. The van der Waals surface area contributed by atoms with Crippen LogP contribution in [0.5, 0.6) is 0 Å². The molecule has 1 heterocycles. The van der Waals surface area contributed by atoms with Crippen LogP contribution in [0.1, 0.15) is 12.1 Å². The second-order valence-corrected chi connectivity index (χ2v) is 4.09. The van der Waals surface area contributed by atoms with Crippen molar-refractivity contribution in [2.45, 2.75) is 13.0 Å². The van der Waals surface area contributed by atoms with Crippen LogP contribution in [0.15, 0.2) is 17.4 Å². The first-order valence-electron chi connectivity index (χ1n) is 5.82. The smallest absolute Gasteiger partial charge is 0.140 e. The Morgan fingerprint density at radius 1 is 1.61 bits per heavy atom. The Morgan fingerprint density at radius 3 is 2.94 bits per heavy atom. The molecule has 0 aromatic carbocycles. The van der Waals surface area contributed by atoms with E-state index in [4.69, 9.17) is 15.7 Å². The molecule has 1 aromatic heterocycles. The Bertz CT molecular complexity index is 377. The number of methoxy groups -OCH3 is 1. The van der Waals surface area contributed by atoms with Gasteiger partial charge in [-0.2, -0.15) is 5.10 Å². The highest BCUT2D eigenvalue weighted by Gasteiger charge is 2.08. The van der Waals surface area contributed by atoms with Crippen molar-refractivity contribution in [2.75, 3.05) is 26.8 Å². The molecule has 0 fully saturated rings. The molecular weight excluding hydrogens is 234 g/mol. The van der Waals surface area contributed by atoms with Crippen LogP contribution in [0.3, 0.4) is 0 Å². The molecule has 0 radical (unpaired) electrons. The number of amidine groups is 1. The first-order valence-corrected chi connectivity index (χ1v) is 5.82. The summed E-state index contributed by atoms with van der Waals surface area (Å²) in [6.45, 7) is 2.85. The maximum absolute atomic E-state index is 8.52. The number of hydrogen-bond acceptors (Lipinski definition) is 5. The highest BCUT2D eigenvalue weighted by molar-refractivity contribution is 5.79. The van der Waals surface area contributed by atoms with Crippen LogP contribution >= 0.6 is 0 Å². The fourth-order valence-corrected chi connectivity index (χ4v) is 1.59. The van der Waals surface area contributed by atoms with E-state index in [1.165, 1.54) is 0 Å². The summed E-state index contributed by atoms with van der Waals surface area (Å²) in [5.74, 6) is 0.235. The summed E-state index contributed by atoms with van der Waals surface area (Å²) in [6.07, 6.45) is 2.43. The van der Waals surface area contributed by atoms with E-state index in [0.717, 1.165) is 18.8 Å². The number of aryl methyl sites for hydroxylation is 1. The third-order valence-corrected chi connectivity index (χ3v) is 2.58. The van der Waals surface area contributed by atoms with Gasteiger partial charge in [-0.3, -0.25) is 9.58 Å². The summed E-state index contributed by atoms with van der Waals surface area (Å²) in [4.78, 5) is 2.16. The lowest BCUT2D eigenvalue weighted by atomic mass is 10.3. The van der Waals surface area contributed by atoms with E-state index >= 15 is 0 Å². The molecule has 0 aliphatic heterocycles. The zero-order chi connectivity index (χ0) is 13.4. The van der Waals surface area contributed by atoms with Crippen LogP contribution in [0.2, 0.25) is 0 Å². The Balaban J connectivity index is 2.49. The molecule has 0 bridgehead atoms. The normalized spacial score (nSPS) is 12.3. The molecule has 0 aliphatic carbocycles. The molecule has 1 rings (SSSR count). The van der Waals surface area contributed by atoms with Gasteiger partial charge in [0.2, 0.25) is 0 Å². The predicted molar refractivity (Wildman–Crippen MR) is 68.4 cm³/mol. The Labute approximate surface area is 107 Å². The topological polar surface area (TPSA) is 88.9 Å². The van der Waals surface area contributed by atoms with Gasteiger partial charge in [-0.1, -0.05) is 5.16 Å². The van der Waals surface area contributed by atoms with Gasteiger partial charge in [-0.25, -0.2) is 0 Å². The lowest BCUT2D eigenvalue weighted by Crippen LogP contribution is -2.31. The number of oxime groups is 1. The number of ether oxygens (including phenoxy) is 1. The number of aromatic nitrogens is 2. The highest BCUT2D eigenvalue weighted by Crippen LogP contribution is 2.02. The lowest BCUT2D eigenvalue weighted by Gasteiger charge is -2.20. The van der Waals surface area contributed by atoms with E-state index in [0.29, 0.717) is 19.6 Å². The number of rotatable bonds is 8. The molecule has 0 saturated carbocycles. The van der Waals surface area contributed by atoms with Gasteiger partial charge < -0.3 is 15.7 Å². The molecule has 0 atom stereocenters. The standard InChI is InChI=1S/C11H21N5O2/c1-15-5-3-10(13-15)9-16(7-8-18-2)6-4-11(12)14-17/h3,5,17H,4,6-9H2,1-2H3,(H2,12,14). The van der Waals surface area contributed by atoms with Crippen LogP contribution in [0.4, 0.5) is 0 Å². The molecule has 1 aromatic rings. The quantitative estimate of drug-likeness (QED) is 0.295. The fourth-order valence-electron chi connectivity index (χ4n) is 1.59. The maximum Gasteiger partial charge on any atom is 0.140 e. The molecule has 0 spiro atoms. The van der Waals surface area contributed by atoms with E-state index in [9.17, 15) is 0 Å². The Hall–Kier alpha value is -1.60. The molecule has 0 aliphatic rings. The molecule has 7 heteroatoms. The van der Waals surface area contributed by atoms with Gasteiger partial charge in [-0.15, -0.1) is 0 Å².